The number of hydrogen-bond acceptors (Lipinski definition) is 6. The molecule has 0 spiro atoms. The zero-order valence-electron chi connectivity index (χ0n) is 16.2. The van der Waals surface area contributed by atoms with Crippen molar-refractivity contribution in [1.82, 2.24) is 25.0 Å². The van der Waals surface area contributed by atoms with Gasteiger partial charge in [-0.1, -0.05) is 6.07 Å². The molecule has 0 radical (unpaired) electrons. The van der Waals surface area contributed by atoms with Crippen LogP contribution in [0.1, 0.15) is 30.2 Å². The van der Waals surface area contributed by atoms with E-state index in [0.29, 0.717) is 12.1 Å². The van der Waals surface area contributed by atoms with E-state index >= 15 is 0 Å². The lowest BCUT2D eigenvalue weighted by molar-refractivity contribution is 0.0383. The topological polar surface area (TPSA) is 72.3 Å². The van der Waals surface area contributed by atoms with E-state index in [1.165, 1.54) is 0 Å². The molecule has 1 aliphatic heterocycles. The number of fused-ring (bicyclic) bond motifs is 1. The maximum absolute atomic E-state index is 13.0. The molecule has 1 amide bonds. The van der Waals surface area contributed by atoms with Crippen LogP contribution in [0.3, 0.4) is 0 Å². The van der Waals surface area contributed by atoms with Gasteiger partial charge >= 0.3 is 0 Å². The van der Waals surface area contributed by atoms with Crippen LogP contribution >= 0.6 is 11.3 Å². The third kappa shape index (κ3) is 3.94. The minimum absolute atomic E-state index is 0.0817. The summed E-state index contributed by atoms with van der Waals surface area (Å²) in [7, 11) is 0. The number of aromatic nitrogens is 3. The summed E-state index contributed by atoms with van der Waals surface area (Å²) in [6.45, 7) is 8.91. The predicted octanol–water partition coefficient (Wildman–Crippen LogP) is 2.80. The molecule has 3 aromatic heterocycles. The van der Waals surface area contributed by atoms with E-state index in [9.17, 15) is 4.79 Å². The molecule has 1 saturated heterocycles. The maximum atomic E-state index is 13.0. The van der Waals surface area contributed by atoms with Crippen LogP contribution in [-0.2, 0) is 4.74 Å². The molecule has 0 aliphatic carbocycles. The monoisotopic (exact) mass is 399 g/mol. The number of nitrogens with one attached hydrogen (secondary N) is 1. The van der Waals surface area contributed by atoms with Crippen molar-refractivity contribution in [3.63, 3.8) is 0 Å². The number of pyridine rings is 1. The van der Waals surface area contributed by atoms with E-state index in [4.69, 9.17) is 9.72 Å². The van der Waals surface area contributed by atoms with Gasteiger partial charge in [0, 0.05) is 32.2 Å². The number of nitrogens with zero attached hydrogens (tertiary/aromatic N) is 4. The molecule has 0 unspecified atom stereocenters. The standard InChI is InChI=1S/C20H25N5O2S/c1-14(2)25-19-16(13-22-25)15(12-17(23-19)18-4-3-11-28-18)20(26)21-5-6-24-7-9-27-10-8-24/h3-4,11-14H,5-10H2,1-2H3,(H,21,26). The summed E-state index contributed by atoms with van der Waals surface area (Å²) in [5.74, 6) is -0.0817. The number of morpholine rings is 1. The van der Waals surface area contributed by atoms with Gasteiger partial charge in [-0.2, -0.15) is 5.10 Å². The smallest absolute Gasteiger partial charge is 0.252 e. The highest BCUT2D eigenvalue weighted by Crippen LogP contribution is 2.28. The quantitative estimate of drug-likeness (QED) is 0.690. The van der Waals surface area contributed by atoms with Crippen LogP contribution in [0.5, 0.6) is 0 Å². The lowest BCUT2D eigenvalue weighted by Crippen LogP contribution is -2.41. The molecule has 0 atom stereocenters. The predicted molar refractivity (Wildman–Crippen MR) is 111 cm³/mol. The molecule has 3 aromatic rings. The third-order valence-corrected chi connectivity index (χ3v) is 5.78. The number of ether oxygens (including phenoxy) is 1. The van der Waals surface area contributed by atoms with Gasteiger partial charge in [-0.15, -0.1) is 11.3 Å². The van der Waals surface area contributed by atoms with Gasteiger partial charge in [0.05, 0.1) is 40.9 Å². The van der Waals surface area contributed by atoms with Crippen molar-refractivity contribution in [1.29, 1.82) is 0 Å². The van der Waals surface area contributed by atoms with Gasteiger partial charge < -0.3 is 10.1 Å². The van der Waals surface area contributed by atoms with Crippen LogP contribution in [0.15, 0.2) is 29.8 Å². The van der Waals surface area contributed by atoms with Gasteiger partial charge in [-0.05, 0) is 31.4 Å². The van der Waals surface area contributed by atoms with Crippen molar-refractivity contribution in [3.8, 4) is 10.6 Å². The SMILES string of the molecule is CC(C)n1ncc2c(C(=O)NCCN3CCOCC3)cc(-c3cccs3)nc21. The van der Waals surface area contributed by atoms with E-state index < -0.39 is 0 Å². The average molecular weight is 400 g/mol. The van der Waals surface area contributed by atoms with Crippen molar-refractivity contribution in [2.75, 3.05) is 39.4 Å². The first-order valence-electron chi connectivity index (χ1n) is 9.64. The lowest BCUT2D eigenvalue weighted by atomic mass is 10.1. The first-order valence-corrected chi connectivity index (χ1v) is 10.5. The summed E-state index contributed by atoms with van der Waals surface area (Å²) in [5.41, 5.74) is 2.18. The summed E-state index contributed by atoms with van der Waals surface area (Å²) in [6.07, 6.45) is 1.75. The molecular weight excluding hydrogens is 374 g/mol. The zero-order valence-corrected chi connectivity index (χ0v) is 17.0. The van der Waals surface area contributed by atoms with Crippen molar-refractivity contribution < 1.29 is 9.53 Å². The molecule has 148 valence electrons. The Balaban J connectivity index is 1.60. The van der Waals surface area contributed by atoms with Gasteiger partial charge in [0.25, 0.3) is 5.91 Å². The minimum atomic E-state index is -0.0817. The molecule has 4 heterocycles. The molecule has 0 saturated carbocycles. The fourth-order valence-corrected chi connectivity index (χ4v) is 4.07. The van der Waals surface area contributed by atoms with Crippen molar-refractivity contribution in [3.05, 3.63) is 35.3 Å². The Morgan fingerprint density at radius 2 is 2.18 bits per heavy atom. The Bertz CT molecular complexity index is 945. The molecule has 1 N–H and O–H groups in total. The van der Waals surface area contributed by atoms with Gasteiger partial charge in [0.1, 0.15) is 0 Å². The lowest BCUT2D eigenvalue weighted by Gasteiger charge is -2.26. The van der Waals surface area contributed by atoms with E-state index in [1.54, 1.807) is 17.5 Å². The van der Waals surface area contributed by atoms with E-state index in [2.05, 4.69) is 29.2 Å². The first-order chi connectivity index (χ1) is 13.6. The Hall–Kier alpha value is -2.29. The Morgan fingerprint density at radius 3 is 2.89 bits per heavy atom. The van der Waals surface area contributed by atoms with Crippen LogP contribution in [0.25, 0.3) is 21.6 Å². The van der Waals surface area contributed by atoms with Crippen LogP contribution in [0, 0.1) is 0 Å². The van der Waals surface area contributed by atoms with Crippen LogP contribution in [-0.4, -0.2) is 65.0 Å². The molecular formula is C20H25N5O2S. The van der Waals surface area contributed by atoms with Gasteiger partial charge in [0.15, 0.2) is 5.65 Å². The fourth-order valence-electron chi connectivity index (χ4n) is 3.38. The molecule has 8 heteroatoms. The van der Waals surface area contributed by atoms with Gasteiger partial charge in [-0.25, -0.2) is 9.67 Å². The molecule has 0 bridgehead atoms. The van der Waals surface area contributed by atoms with E-state index in [-0.39, 0.29) is 11.9 Å². The second-order valence-electron chi connectivity index (χ2n) is 7.16. The molecule has 0 aromatic carbocycles. The van der Waals surface area contributed by atoms with Crippen molar-refractivity contribution in [2.45, 2.75) is 19.9 Å². The molecule has 4 rings (SSSR count). The molecule has 7 nitrogen and oxygen atoms in total. The highest BCUT2D eigenvalue weighted by atomic mass is 32.1. The summed E-state index contributed by atoms with van der Waals surface area (Å²) in [4.78, 5) is 21.1. The summed E-state index contributed by atoms with van der Waals surface area (Å²) in [5, 5.41) is 10.3. The fraction of sp³-hybridized carbons (Fsp3) is 0.450. The molecule has 1 aliphatic rings. The third-order valence-electron chi connectivity index (χ3n) is 4.89. The number of carbonyl (C=O) groups is 1. The summed E-state index contributed by atoms with van der Waals surface area (Å²) >= 11 is 1.62. The number of carbonyl (C=O) groups excluding carboxylic acids is 1. The van der Waals surface area contributed by atoms with Crippen molar-refractivity contribution >= 4 is 28.3 Å². The number of thiophene rings is 1. The number of rotatable bonds is 6. The van der Waals surface area contributed by atoms with E-state index in [0.717, 1.165) is 54.5 Å². The minimum Gasteiger partial charge on any atom is -0.379 e. The van der Waals surface area contributed by atoms with Gasteiger partial charge in [0.2, 0.25) is 0 Å². The second-order valence-corrected chi connectivity index (χ2v) is 8.11. The van der Waals surface area contributed by atoms with Gasteiger partial charge in [-0.3, -0.25) is 9.69 Å². The van der Waals surface area contributed by atoms with Crippen LogP contribution in [0.2, 0.25) is 0 Å². The summed E-state index contributed by atoms with van der Waals surface area (Å²) < 4.78 is 7.24. The van der Waals surface area contributed by atoms with E-state index in [1.807, 2.05) is 28.3 Å². The summed E-state index contributed by atoms with van der Waals surface area (Å²) in [6, 6.07) is 6.06. The number of hydrogen-bond donors (Lipinski definition) is 1. The Labute approximate surface area is 168 Å². The Kier molecular flexibility index (Phi) is 5.70. The average Bonchev–Trinajstić information content (AvgIpc) is 3.37. The number of amides is 1. The largest absolute Gasteiger partial charge is 0.379 e. The van der Waals surface area contributed by atoms with Crippen LogP contribution in [0.4, 0.5) is 0 Å². The van der Waals surface area contributed by atoms with Crippen LogP contribution < -0.4 is 5.32 Å². The first kappa shape index (κ1) is 19.0. The Morgan fingerprint density at radius 1 is 1.36 bits per heavy atom. The van der Waals surface area contributed by atoms with Crippen molar-refractivity contribution in [2.24, 2.45) is 0 Å². The highest BCUT2D eigenvalue weighted by Gasteiger charge is 2.19. The molecule has 1 fully saturated rings. The second kappa shape index (κ2) is 8.38. The zero-order chi connectivity index (χ0) is 19.5. The highest BCUT2D eigenvalue weighted by molar-refractivity contribution is 7.13. The maximum Gasteiger partial charge on any atom is 0.252 e. The molecule has 28 heavy (non-hydrogen) atoms. The normalized spacial score (nSPS) is 15.4.